The maximum atomic E-state index is 12.8. The third-order valence-electron chi connectivity index (χ3n) is 4.40. The largest absolute Gasteiger partial charge is 0.497 e. The molecule has 2 heterocycles. The van der Waals surface area contributed by atoms with E-state index in [1.165, 1.54) is 11.3 Å². The Morgan fingerprint density at radius 2 is 2.04 bits per heavy atom. The summed E-state index contributed by atoms with van der Waals surface area (Å²) in [4.78, 5) is 22.8. The lowest BCUT2D eigenvalue weighted by Gasteiger charge is -2.12. The molecule has 7 heteroatoms. The first-order chi connectivity index (χ1) is 13.6. The van der Waals surface area contributed by atoms with Crippen LogP contribution in [0.25, 0.3) is 20.9 Å². The lowest BCUT2D eigenvalue weighted by Crippen LogP contribution is -2.13. The summed E-state index contributed by atoms with van der Waals surface area (Å²) in [6.45, 7) is 1.98. The predicted molar refractivity (Wildman–Crippen MR) is 116 cm³/mol. The zero-order valence-corrected chi connectivity index (χ0v) is 17.6. The number of amides is 1. The molecule has 0 atom stereocenters. The van der Waals surface area contributed by atoms with Gasteiger partial charge >= 0.3 is 0 Å². The van der Waals surface area contributed by atoms with E-state index < -0.39 is 0 Å². The van der Waals surface area contributed by atoms with Crippen LogP contribution in [0.15, 0.2) is 59.2 Å². The molecule has 140 valence electrons. The fourth-order valence-electron chi connectivity index (χ4n) is 2.88. The van der Waals surface area contributed by atoms with Gasteiger partial charge in [-0.15, -0.1) is 0 Å². The highest BCUT2D eigenvalue weighted by atomic mass is 79.9. The van der Waals surface area contributed by atoms with E-state index in [2.05, 4.69) is 31.2 Å². The Morgan fingerprint density at radius 1 is 1.18 bits per heavy atom. The normalized spacial score (nSPS) is 10.8. The quantitative estimate of drug-likeness (QED) is 0.430. The van der Waals surface area contributed by atoms with Crippen molar-refractivity contribution in [2.45, 2.75) is 6.92 Å². The summed E-state index contributed by atoms with van der Waals surface area (Å²) in [5.41, 5.74) is 4.05. The molecule has 0 saturated carbocycles. The van der Waals surface area contributed by atoms with Crippen molar-refractivity contribution in [3.63, 3.8) is 0 Å². The summed E-state index contributed by atoms with van der Waals surface area (Å²) in [5, 5.41) is 3.88. The van der Waals surface area contributed by atoms with E-state index in [-0.39, 0.29) is 5.91 Å². The van der Waals surface area contributed by atoms with Crippen LogP contribution in [0.4, 0.5) is 5.69 Å². The Labute approximate surface area is 174 Å². The summed E-state index contributed by atoms with van der Waals surface area (Å²) in [5.74, 6) is 0.415. The number of pyridine rings is 1. The number of thiazole rings is 1. The molecule has 0 aliphatic carbocycles. The van der Waals surface area contributed by atoms with Gasteiger partial charge in [0.15, 0.2) is 0 Å². The van der Waals surface area contributed by atoms with Crippen LogP contribution in [0.3, 0.4) is 0 Å². The summed E-state index contributed by atoms with van der Waals surface area (Å²) in [7, 11) is 1.57. The van der Waals surface area contributed by atoms with Crippen LogP contribution in [0.1, 0.15) is 15.9 Å². The van der Waals surface area contributed by atoms with E-state index in [4.69, 9.17) is 4.74 Å². The van der Waals surface area contributed by atoms with E-state index in [9.17, 15) is 4.79 Å². The second-order valence-electron chi connectivity index (χ2n) is 6.12. The highest BCUT2D eigenvalue weighted by Crippen LogP contribution is 2.34. The fraction of sp³-hybridized carbons (Fsp3) is 0.0952. The van der Waals surface area contributed by atoms with Gasteiger partial charge in [-0.1, -0.05) is 23.5 Å². The number of nitrogens with zero attached hydrogens (tertiary/aromatic N) is 2. The van der Waals surface area contributed by atoms with Gasteiger partial charge in [0.25, 0.3) is 5.91 Å². The summed E-state index contributed by atoms with van der Waals surface area (Å²) >= 11 is 4.97. The van der Waals surface area contributed by atoms with E-state index >= 15 is 0 Å². The molecule has 5 nitrogen and oxygen atoms in total. The molecule has 4 aromatic rings. The minimum Gasteiger partial charge on any atom is -0.497 e. The summed E-state index contributed by atoms with van der Waals surface area (Å²) in [6, 6.07) is 14.9. The van der Waals surface area contributed by atoms with E-state index in [1.54, 1.807) is 31.5 Å². The number of aromatic nitrogens is 2. The highest BCUT2D eigenvalue weighted by molar-refractivity contribution is 9.10. The van der Waals surface area contributed by atoms with Crippen LogP contribution < -0.4 is 10.1 Å². The molecule has 0 aliphatic heterocycles. The fourth-order valence-corrected chi connectivity index (χ4v) is 4.30. The molecule has 2 aromatic carbocycles. The third kappa shape index (κ3) is 3.50. The lowest BCUT2D eigenvalue weighted by molar-refractivity contribution is 0.102. The predicted octanol–water partition coefficient (Wildman–Crippen LogP) is 5.69. The van der Waals surface area contributed by atoms with Crippen molar-refractivity contribution in [1.29, 1.82) is 0 Å². The average Bonchev–Trinajstić information content (AvgIpc) is 3.13. The average molecular weight is 454 g/mol. The number of nitrogens with one attached hydrogen (secondary N) is 1. The SMILES string of the molecule is COc1ccc(Br)c(C(=O)Nc2cccc(-c3nc4cccnc4s3)c2C)c1. The first kappa shape index (κ1) is 18.6. The number of hydrogen-bond acceptors (Lipinski definition) is 5. The smallest absolute Gasteiger partial charge is 0.256 e. The van der Waals surface area contributed by atoms with Crippen LogP contribution in [0.5, 0.6) is 5.75 Å². The van der Waals surface area contributed by atoms with E-state index in [0.29, 0.717) is 15.8 Å². The monoisotopic (exact) mass is 453 g/mol. The Hall–Kier alpha value is -2.77. The molecule has 0 bridgehead atoms. The van der Waals surface area contributed by atoms with Gasteiger partial charge in [-0.05, 0) is 64.8 Å². The molecular weight excluding hydrogens is 438 g/mol. The summed E-state index contributed by atoms with van der Waals surface area (Å²) < 4.78 is 5.93. The van der Waals surface area contributed by atoms with Crippen molar-refractivity contribution < 1.29 is 9.53 Å². The van der Waals surface area contributed by atoms with Crippen LogP contribution in [0, 0.1) is 6.92 Å². The summed E-state index contributed by atoms with van der Waals surface area (Å²) in [6.07, 6.45) is 1.76. The zero-order valence-electron chi connectivity index (χ0n) is 15.2. The second-order valence-corrected chi connectivity index (χ2v) is 7.96. The molecule has 28 heavy (non-hydrogen) atoms. The topological polar surface area (TPSA) is 64.1 Å². The van der Waals surface area contributed by atoms with Gasteiger partial charge in [0.1, 0.15) is 21.1 Å². The van der Waals surface area contributed by atoms with Crippen molar-refractivity contribution in [1.82, 2.24) is 9.97 Å². The number of halogens is 1. The molecule has 0 spiro atoms. The standard InChI is InChI=1S/C21H16BrN3O2S/c1-12-14(20-25-18-7-4-10-23-21(18)28-20)5-3-6-17(12)24-19(26)15-11-13(27-2)8-9-16(15)22/h3-11H,1-2H3,(H,24,26). The zero-order chi connectivity index (χ0) is 19.7. The van der Waals surface area contributed by atoms with Crippen LogP contribution in [-0.2, 0) is 0 Å². The van der Waals surface area contributed by atoms with Gasteiger partial charge in [0, 0.05) is 21.9 Å². The van der Waals surface area contributed by atoms with E-state index in [1.807, 2.05) is 37.3 Å². The molecule has 0 unspecified atom stereocenters. The van der Waals surface area contributed by atoms with Gasteiger partial charge in [-0.25, -0.2) is 9.97 Å². The Morgan fingerprint density at radius 3 is 2.82 bits per heavy atom. The van der Waals surface area contributed by atoms with E-state index in [0.717, 1.165) is 32.2 Å². The van der Waals surface area contributed by atoms with Crippen molar-refractivity contribution in [2.75, 3.05) is 12.4 Å². The van der Waals surface area contributed by atoms with Crippen LogP contribution in [-0.4, -0.2) is 23.0 Å². The molecular formula is C21H16BrN3O2S. The van der Waals surface area contributed by atoms with Crippen molar-refractivity contribution in [3.05, 3.63) is 70.3 Å². The molecule has 0 saturated heterocycles. The van der Waals surface area contributed by atoms with Gasteiger partial charge in [-0.2, -0.15) is 0 Å². The van der Waals surface area contributed by atoms with Gasteiger partial charge in [0.2, 0.25) is 0 Å². The second kappa shape index (κ2) is 7.69. The van der Waals surface area contributed by atoms with Crippen molar-refractivity contribution in [2.24, 2.45) is 0 Å². The lowest BCUT2D eigenvalue weighted by atomic mass is 10.1. The van der Waals surface area contributed by atoms with Crippen molar-refractivity contribution in [3.8, 4) is 16.3 Å². The number of methoxy groups -OCH3 is 1. The number of carbonyl (C=O) groups is 1. The Balaban J connectivity index is 1.68. The molecule has 0 fully saturated rings. The number of rotatable bonds is 4. The number of ether oxygens (including phenoxy) is 1. The van der Waals surface area contributed by atoms with Crippen LogP contribution in [0.2, 0.25) is 0 Å². The van der Waals surface area contributed by atoms with Gasteiger partial charge in [-0.3, -0.25) is 4.79 Å². The number of fused-ring (bicyclic) bond motifs is 1. The minimum absolute atomic E-state index is 0.211. The Bertz CT molecular complexity index is 1160. The highest BCUT2D eigenvalue weighted by Gasteiger charge is 2.16. The minimum atomic E-state index is -0.211. The number of hydrogen-bond donors (Lipinski definition) is 1. The molecule has 1 amide bonds. The number of anilines is 1. The van der Waals surface area contributed by atoms with Gasteiger partial charge in [0.05, 0.1) is 12.7 Å². The molecule has 0 radical (unpaired) electrons. The molecule has 0 aliphatic rings. The first-order valence-electron chi connectivity index (χ1n) is 8.53. The maximum absolute atomic E-state index is 12.8. The maximum Gasteiger partial charge on any atom is 0.256 e. The number of benzene rings is 2. The van der Waals surface area contributed by atoms with Crippen molar-refractivity contribution >= 4 is 49.2 Å². The number of carbonyl (C=O) groups excluding carboxylic acids is 1. The van der Waals surface area contributed by atoms with Gasteiger partial charge < -0.3 is 10.1 Å². The Kier molecular flexibility index (Phi) is 5.11. The molecule has 1 N–H and O–H groups in total. The molecule has 2 aromatic heterocycles. The van der Waals surface area contributed by atoms with Crippen LogP contribution >= 0.6 is 27.3 Å². The first-order valence-corrected chi connectivity index (χ1v) is 10.1. The molecule has 4 rings (SSSR count). The third-order valence-corrected chi connectivity index (χ3v) is 6.10.